The average molecular weight is 527 g/mol. The fourth-order valence-corrected chi connectivity index (χ4v) is 4.34. The second kappa shape index (κ2) is 8.82. The zero-order valence-electron chi connectivity index (χ0n) is 15.5. The number of ether oxygens (including phenoxy) is 1. The van der Waals surface area contributed by atoms with Crippen molar-refractivity contribution in [3.8, 4) is 11.8 Å². The Morgan fingerprint density at radius 1 is 1.13 bits per heavy atom. The molecule has 1 N–H and O–H groups in total. The van der Waals surface area contributed by atoms with Crippen molar-refractivity contribution in [3.05, 3.63) is 92.4 Å². The molecule has 0 amide bonds. The molecule has 0 spiro atoms. The molecule has 1 aromatic heterocycles. The number of para-hydroxylation sites is 2. The number of nitriles is 1. The smallest absolute Gasteiger partial charge is 0.149 e. The molecule has 0 saturated heterocycles. The van der Waals surface area contributed by atoms with Gasteiger partial charge in [-0.15, -0.1) is 0 Å². The summed E-state index contributed by atoms with van der Waals surface area (Å²) in [6, 6.07) is 19.7. The summed E-state index contributed by atoms with van der Waals surface area (Å²) in [5.41, 5.74) is 3.56. The van der Waals surface area contributed by atoms with Gasteiger partial charge in [-0.1, -0.05) is 40.2 Å². The Kier molecular flexibility index (Phi) is 5.98. The van der Waals surface area contributed by atoms with E-state index < -0.39 is 0 Å². The summed E-state index contributed by atoms with van der Waals surface area (Å²) in [7, 11) is 0. The highest BCUT2D eigenvalue weighted by Gasteiger charge is 2.13. The molecule has 148 valence electrons. The molecule has 4 rings (SSSR count). The number of aromatic amines is 1. The molecule has 0 radical (unpaired) electrons. The Hall–Kier alpha value is -2.95. The number of halogens is 3. The number of imidazole rings is 1. The van der Waals surface area contributed by atoms with Crippen molar-refractivity contribution in [2.45, 2.75) is 6.61 Å². The van der Waals surface area contributed by atoms with E-state index in [0.717, 1.165) is 25.5 Å². The molecule has 7 heteroatoms. The van der Waals surface area contributed by atoms with E-state index in [1.807, 2.05) is 36.4 Å². The summed E-state index contributed by atoms with van der Waals surface area (Å²) in [6.07, 6.45) is 1.73. The maximum atomic E-state index is 13.1. The predicted molar refractivity (Wildman–Crippen MR) is 122 cm³/mol. The van der Waals surface area contributed by atoms with Crippen molar-refractivity contribution in [1.29, 1.82) is 5.26 Å². The number of H-pyrrole nitrogens is 1. The van der Waals surface area contributed by atoms with Crippen LogP contribution in [0.3, 0.4) is 0 Å². The third-order valence-electron chi connectivity index (χ3n) is 4.40. The van der Waals surface area contributed by atoms with Gasteiger partial charge in [0.1, 0.15) is 30.1 Å². The minimum Gasteiger partial charge on any atom is -0.487 e. The zero-order valence-corrected chi connectivity index (χ0v) is 18.7. The molecule has 4 nitrogen and oxygen atoms in total. The summed E-state index contributed by atoms with van der Waals surface area (Å²) >= 11 is 7.01. The van der Waals surface area contributed by atoms with Crippen molar-refractivity contribution in [1.82, 2.24) is 9.97 Å². The van der Waals surface area contributed by atoms with Crippen LogP contribution in [0.5, 0.6) is 5.75 Å². The van der Waals surface area contributed by atoms with E-state index in [1.54, 1.807) is 18.2 Å². The minimum atomic E-state index is -0.295. The van der Waals surface area contributed by atoms with Gasteiger partial charge in [0.25, 0.3) is 0 Å². The largest absolute Gasteiger partial charge is 0.487 e. The topological polar surface area (TPSA) is 61.7 Å². The van der Waals surface area contributed by atoms with E-state index in [9.17, 15) is 9.65 Å². The van der Waals surface area contributed by atoms with Gasteiger partial charge in [-0.2, -0.15) is 5.26 Å². The van der Waals surface area contributed by atoms with Crippen LogP contribution < -0.4 is 4.74 Å². The first-order valence-electron chi connectivity index (χ1n) is 8.96. The van der Waals surface area contributed by atoms with Crippen molar-refractivity contribution in [2.75, 3.05) is 0 Å². The van der Waals surface area contributed by atoms with Crippen LogP contribution in [0.25, 0.3) is 22.7 Å². The fourth-order valence-electron chi connectivity index (χ4n) is 2.97. The van der Waals surface area contributed by atoms with Gasteiger partial charge in [-0.05, 0) is 64.0 Å². The van der Waals surface area contributed by atoms with Gasteiger partial charge < -0.3 is 9.72 Å². The Morgan fingerprint density at radius 2 is 1.90 bits per heavy atom. The number of hydrogen-bond donors (Lipinski definition) is 1. The Bertz CT molecular complexity index is 1260. The van der Waals surface area contributed by atoms with Gasteiger partial charge in [0.05, 0.1) is 21.1 Å². The van der Waals surface area contributed by atoms with Crippen LogP contribution in [-0.4, -0.2) is 9.97 Å². The summed E-state index contributed by atoms with van der Waals surface area (Å²) < 4.78 is 20.7. The lowest BCUT2D eigenvalue weighted by Gasteiger charge is -2.13. The second-order valence-corrected chi connectivity index (χ2v) is 8.26. The highest BCUT2D eigenvalue weighted by molar-refractivity contribution is 9.11. The van der Waals surface area contributed by atoms with Crippen LogP contribution >= 0.6 is 31.9 Å². The molecule has 0 aliphatic heterocycles. The summed E-state index contributed by atoms with van der Waals surface area (Å²) in [5, 5.41) is 9.75. The first-order chi connectivity index (χ1) is 14.5. The number of allylic oxidation sites excluding steroid dienone is 1. The Balaban J connectivity index is 1.71. The van der Waals surface area contributed by atoms with Crippen LogP contribution in [0.2, 0.25) is 0 Å². The van der Waals surface area contributed by atoms with Crippen LogP contribution in [0, 0.1) is 17.1 Å². The zero-order chi connectivity index (χ0) is 21.1. The number of nitrogens with one attached hydrogen (secondary N) is 1. The average Bonchev–Trinajstić information content (AvgIpc) is 3.16. The predicted octanol–water partition coefficient (Wildman–Crippen LogP) is 6.87. The van der Waals surface area contributed by atoms with Gasteiger partial charge in [-0.25, -0.2) is 9.37 Å². The lowest BCUT2D eigenvalue weighted by Crippen LogP contribution is -1.98. The van der Waals surface area contributed by atoms with E-state index in [4.69, 9.17) is 4.74 Å². The molecule has 1 heterocycles. The Labute approximate surface area is 189 Å². The summed E-state index contributed by atoms with van der Waals surface area (Å²) in [6.45, 7) is 0.258. The first kappa shape index (κ1) is 20.3. The maximum absolute atomic E-state index is 13.1. The number of benzene rings is 3. The lowest BCUT2D eigenvalue weighted by molar-refractivity contribution is 0.303. The third-order valence-corrected chi connectivity index (χ3v) is 5.45. The second-order valence-electron chi connectivity index (χ2n) is 6.49. The van der Waals surface area contributed by atoms with Crippen LogP contribution in [0.1, 0.15) is 17.0 Å². The number of rotatable bonds is 5. The number of fused-ring (bicyclic) bond motifs is 1. The number of nitrogens with zero attached hydrogens (tertiary/aromatic N) is 2. The molecule has 0 aliphatic rings. The van der Waals surface area contributed by atoms with Gasteiger partial charge in [0.15, 0.2) is 0 Å². The SMILES string of the molecule is N#C/C(=C\c1cc(Br)cc(Br)c1OCc1ccc(F)cc1)c1nc2ccccc2[nH]1. The summed E-state index contributed by atoms with van der Waals surface area (Å²) in [4.78, 5) is 7.69. The molecule has 0 bridgehead atoms. The van der Waals surface area contributed by atoms with E-state index in [2.05, 4.69) is 47.9 Å². The van der Waals surface area contributed by atoms with E-state index >= 15 is 0 Å². The van der Waals surface area contributed by atoms with E-state index in [-0.39, 0.29) is 12.4 Å². The molecule has 0 unspecified atom stereocenters. The van der Waals surface area contributed by atoms with Crippen molar-refractivity contribution in [2.24, 2.45) is 0 Å². The monoisotopic (exact) mass is 525 g/mol. The van der Waals surface area contributed by atoms with Gasteiger partial charge in [0.2, 0.25) is 0 Å². The molecule has 30 heavy (non-hydrogen) atoms. The molecule has 0 saturated carbocycles. The number of hydrogen-bond acceptors (Lipinski definition) is 3. The standard InChI is InChI=1S/C23H14Br2FN3O/c24-17-10-15(9-16(12-27)23-28-20-3-1-2-4-21(20)29-23)22(19(25)11-17)30-13-14-5-7-18(26)8-6-14/h1-11H,13H2,(H,28,29)/b16-9+. The van der Waals surface area contributed by atoms with Crippen molar-refractivity contribution >= 4 is 54.5 Å². The van der Waals surface area contributed by atoms with Gasteiger partial charge in [-0.3, -0.25) is 0 Å². The molecule has 4 aromatic rings. The molecule has 0 aliphatic carbocycles. The van der Waals surface area contributed by atoms with Crippen molar-refractivity contribution < 1.29 is 9.13 Å². The maximum Gasteiger partial charge on any atom is 0.149 e. The van der Waals surface area contributed by atoms with Crippen LogP contribution in [-0.2, 0) is 6.61 Å². The van der Waals surface area contributed by atoms with Crippen LogP contribution in [0.15, 0.2) is 69.6 Å². The Morgan fingerprint density at radius 3 is 2.63 bits per heavy atom. The van der Waals surface area contributed by atoms with Crippen molar-refractivity contribution in [3.63, 3.8) is 0 Å². The van der Waals surface area contributed by atoms with Crippen LogP contribution in [0.4, 0.5) is 4.39 Å². The van der Waals surface area contributed by atoms with Gasteiger partial charge >= 0.3 is 0 Å². The highest BCUT2D eigenvalue weighted by atomic mass is 79.9. The third kappa shape index (κ3) is 4.45. The number of aromatic nitrogens is 2. The molecule has 0 atom stereocenters. The highest BCUT2D eigenvalue weighted by Crippen LogP contribution is 2.35. The molecular weight excluding hydrogens is 513 g/mol. The minimum absolute atomic E-state index is 0.258. The first-order valence-corrected chi connectivity index (χ1v) is 10.6. The quantitative estimate of drug-likeness (QED) is 0.288. The molecular formula is C23H14Br2FN3O. The lowest BCUT2D eigenvalue weighted by atomic mass is 10.1. The van der Waals surface area contributed by atoms with Gasteiger partial charge in [0, 0.05) is 10.0 Å². The fraction of sp³-hybridized carbons (Fsp3) is 0.0435. The normalized spacial score (nSPS) is 11.5. The van der Waals surface area contributed by atoms with E-state index in [0.29, 0.717) is 22.7 Å². The summed E-state index contributed by atoms with van der Waals surface area (Å²) in [5.74, 6) is 0.766. The molecule has 0 fully saturated rings. The van der Waals surface area contributed by atoms with E-state index in [1.165, 1.54) is 12.1 Å². The molecule has 3 aromatic carbocycles.